The number of aliphatic hydroxyl groups excluding tert-OH is 1. The normalized spacial score (nSPS) is 19.5. The number of fused-ring (bicyclic) bond motifs is 2. The highest BCUT2D eigenvalue weighted by Gasteiger charge is 2.49. The van der Waals surface area contributed by atoms with Crippen molar-refractivity contribution >= 4 is 48.8 Å². The Labute approximate surface area is 245 Å². The fourth-order valence-corrected chi connectivity index (χ4v) is 6.97. The second-order valence-electron chi connectivity index (χ2n) is 10.9. The van der Waals surface area contributed by atoms with E-state index >= 15 is 0 Å². The lowest BCUT2D eigenvalue weighted by molar-refractivity contribution is -0.122. The van der Waals surface area contributed by atoms with Crippen LogP contribution in [0.5, 0.6) is 0 Å². The highest BCUT2D eigenvalue weighted by Crippen LogP contribution is 2.43. The molecule has 1 atom stereocenters. The van der Waals surface area contributed by atoms with Crippen molar-refractivity contribution < 1.29 is 26.7 Å². The van der Waals surface area contributed by atoms with E-state index in [9.17, 15) is 26.7 Å². The number of carbonyl (C=O) groups excluding carboxylic acids is 1. The molecule has 3 aromatic carbocycles. The summed E-state index contributed by atoms with van der Waals surface area (Å²) in [5, 5.41) is 17.9. The van der Waals surface area contributed by atoms with E-state index in [1.54, 1.807) is 24.3 Å². The number of sulfonamides is 2. The van der Waals surface area contributed by atoms with Gasteiger partial charge >= 0.3 is 0 Å². The molecule has 12 heteroatoms. The summed E-state index contributed by atoms with van der Waals surface area (Å²) >= 11 is 0. The molecule has 0 fully saturated rings. The number of ketones is 1. The zero-order chi connectivity index (χ0) is 30.3. The van der Waals surface area contributed by atoms with Crippen molar-refractivity contribution in [3.05, 3.63) is 95.1 Å². The van der Waals surface area contributed by atoms with Gasteiger partial charge in [0.25, 0.3) is 10.0 Å². The second-order valence-corrected chi connectivity index (χ2v) is 14.2. The fourth-order valence-electron chi connectivity index (χ4n) is 5.27. The summed E-state index contributed by atoms with van der Waals surface area (Å²) < 4.78 is 56.2. The van der Waals surface area contributed by atoms with Gasteiger partial charge in [0.05, 0.1) is 11.9 Å². The van der Waals surface area contributed by atoms with E-state index in [1.807, 2.05) is 30.3 Å². The van der Waals surface area contributed by atoms with Crippen LogP contribution in [0, 0.1) is 5.92 Å². The summed E-state index contributed by atoms with van der Waals surface area (Å²) in [6.07, 6.45) is 2.02. The first-order valence-corrected chi connectivity index (χ1v) is 16.7. The minimum absolute atomic E-state index is 0.0443. The van der Waals surface area contributed by atoms with Crippen LogP contribution in [-0.4, -0.2) is 39.8 Å². The Hall–Kier alpha value is -4.00. The van der Waals surface area contributed by atoms with E-state index in [-0.39, 0.29) is 39.4 Å². The Bertz CT molecular complexity index is 1830. The van der Waals surface area contributed by atoms with E-state index in [2.05, 4.69) is 33.6 Å². The maximum absolute atomic E-state index is 14.6. The van der Waals surface area contributed by atoms with Gasteiger partial charge in [-0.1, -0.05) is 68.4 Å². The van der Waals surface area contributed by atoms with Crippen LogP contribution in [0.3, 0.4) is 0 Å². The third-order valence-corrected chi connectivity index (χ3v) is 9.21. The quantitative estimate of drug-likeness (QED) is 0.276. The summed E-state index contributed by atoms with van der Waals surface area (Å²) in [4.78, 5) is 14.3. The van der Waals surface area contributed by atoms with Crippen LogP contribution in [0.15, 0.2) is 87.7 Å². The summed E-state index contributed by atoms with van der Waals surface area (Å²) in [6.45, 7) is 4.47. The van der Waals surface area contributed by atoms with Gasteiger partial charge < -0.3 is 10.4 Å². The van der Waals surface area contributed by atoms with Gasteiger partial charge in [-0.15, -0.1) is 4.40 Å². The number of benzene rings is 3. The van der Waals surface area contributed by atoms with Crippen molar-refractivity contribution in [2.45, 2.75) is 43.7 Å². The number of nitrogens with zero attached hydrogens (tertiary/aromatic N) is 1. The molecule has 0 radical (unpaired) electrons. The Morgan fingerprint density at radius 2 is 1.71 bits per heavy atom. The molecule has 10 nitrogen and oxygen atoms in total. The number of rotatable bonds is 9. The van der Waals surface area contributed by atoms with Gasteiger partial charge in [-0.3, -0.25) is 14.8 Å². The molecular weight excluding hydrogens is 576 g/mol. The second kappa shape index (κ2) is 11.0. The molecule has 0 saturated heterocycles. The average molecular weight is 609 g/mol. The van der Waals surface area contributed by atoms with Crippen LogP contribution in [0.2, 0.25) is 0 Å². The molecule has 4 N–H and O–H groups in total. The molecule has 220 valence electrons. The minimum atomic E-state index is -4.39. The zero-order valence-electron chi connectivity index (χ0n) is 23.4. The molecule has 3 aromatic rings. The van der Waals surface area contributed by atoms with E-state index in [0.717, 1.165) is 17.9 Å². The standard InChI is InChI=1S/C30H32N4O6S2/c1-19(2)15-16-30(31-18-20-9-5-4-6-10-20)23-12-8-7-11-22(23)27(35)26(28(30)36)29-32-24-14-13-21(33-41(3,37)38)17-25(24)42(39,40)34-29/h4-14,17,19,31,33,35H,15-16,18H2,1-3H3,(H,32,34). The number of amidine groups is 1. The maximum atomic E-state index is 14.6. The van der Waals surface area contributed by atoms with Gasteiger partial charge in [-0.2, -0.15) is 8.42 Å². The highest BCUT2D eigenvalue weighted by atomic mass is 32.2. The summed E-state index contributed by atoms with van der Waals surface area (Å²) in [6, 6.07) is 20.6. The average Bonchev–Trinajstić information content (AvgIpc) is 2.93. The first kappa shape index (κ1) is 29.5. The SMILES string of the molecule is CC(C)CCC1(NCc2ccccc2)C(=O)C(C2=NS(=O)(=O)c3cc(NS(C)(=O)=O)ccc3N2)=C(O)c2ccccc21. The summed E-state index contributed by atoms with van der Waals surface area (Å²) in [5.41, 5.74) is 0.566. The molecular formula is C30H32N4O6S2. The number of carbonyl (C=O) groups is 1. The van der Waals surface area contributed by atoms with Crippen molar-refractivity contribution in [3.8, 4) is 0 Å². The fraction of sp³-hybridized carbons (Fsp3) is 0.267. The Morgan fingerprint density at radius 3 is 2.40 bits per heavy atom. The lowest BCUT2D eigenvalue weighted by Crippen LogP contribution is -2.53. The van der Waals surface area contributed by atoms with Crippen molar-refractivity contribution in [1.29, 1.82) is 0 Å². The lowest BCUT2D eigenvalue weighted by Gasteiger charge is -2.40. The largest absolute Gasteiger partial charge is 0.506 e. The molecule has 1 unspecified atom stereocenters. The Kier molecular flexibility index (Phi) is 7.73. The van der Waals surface area contributed by atoms with Gasteiger partial charge in [0.15, 0.2) is 11.6 Å². The predicted molar refractivity (Wildman–Crippen MR) is 163 cm³/mol. The topological polar surface area (TPSA) is 154 Å². The van der Waals surface area contributed by atoms with E-state index in [0.29, 0.717) is 30.5 Å². The molecule has 1 heterocycles. The van der Waals surface area contributed by atoms with Crippen LogP contribution in [0.4, 0.5) is 11.4 Å². The number of nitrogens with one attached hydrogen (secondary N) is 3. The molecule has 0 bridgehead atoms. The molecule has 0 aromatic heterocycles. The van der Waals surface area contributed by atoms with E-state index in [1.165, 1.54) is 12.1 Å². The molecule has 1 aliphatic carbocycles. The highest BCUT2D eigenvalue weighted by molar-refractivity contribution is 7.92. The predicted octanol–water partition coefficient (Wildman–Crippen LogP) is 4.54. The molecule has 2 aliphatic rings. The first-order valence-electron chi connectivity index (χ1n) is 13.4. The van der Waals surface area contributed by atoms with Crippen molar-refractivity contribution in [2.24, 2.45) is 10.3 Å². The van der Waals surface area contributed by atoms with Gasteiger partial charge in [0.2, 0.25) is 10.0 Å². The van der Waals surface area contributed by atoms with E-state index in [4.69, 9.17) is 0 Å². The zero-order valence-corrected chi connectivity index (χ0v) is 25.0. The summed E-state index contributed by atoms with van der Waals surface area (Å²) in [7, 11) is -8.04. The Balaban J connectivity index is 1.63. The Morgan fingerprint density at radius 1 is 1.02 bits per heavy atom. The lowest BCUT2D eigenvalue weighted by atomic mass is 9.71. The third-order valence-electron chi connectivity index (χ3n) is 7.29. The third kappa shape index (κ3) is 5.69. The molecule has 42 heavy (non-hydrogen) atoms. The van der Waals surface area contributed by atoms with Crippen LogP contribution < -0.4 is 15.4 Å². The van der Waals surface area contributed by atoms with Crippen LogP contribution in [0.25, 0.3) is 5.76 Å². The summed E-state index contributed by atoms with van der Waals surface area (Å²) in [5.74, 6) is -0.928. The monoisotopic (exact) mass is 608 g/mol. The molecule has 0 saturated carbocycles. The molecule has 1 aliphatic heterocycles. The number of Topliss-reactive ketones (excluding diaryl/α,β-unsaturated/α-hetero) is 1. The van der Waals surface area contributed by atoms with Crippen LogP contribution in [-0.2, 0) is 36.9 Å². The van der Waals surface area contributed by atoms with Crippen molar-refractivity contribution in [3.63, 3.8) is 0 Å². The first-order chi connectivity index (χ1) is 19.8. The number of anilines is 2. The molecule has 0 amide bonds. The number of hydrogen-bond acceptors (Lipinski definition) is 8. The van der Waals surface area contributed by atoms with Crippen molar-refractivity contribution in [2.75, 3.05) is 16.3 Å². The van der Waals surface area contributed by atoms with Gasteiger partial charge in [0.1, 0.15) is 21.8 Å². The smallest absolute Gasteiger partial charge is 0.286 e. The maximum Gasteiger partial charge on any atom is 0.286 e. The van der Waals surface area contributed by atoms with Crippen LogP contribution >= 0.6 is 0 Å². The van der Waals surface area contributed by atoms with Crippen molar-refractivity contribution in [1.82, 2.24) is 5.32 Å². The van der Waals surface area contributed by atoms with Gasteiger partial charge in [-0.05, 0) is 48.1 Å². The van der Waals surface area contributed by atoms with Crippen LogP contribution in [0.1, 0.15) is 43.4 Å². The van der Waals surface area contributed by atoms with E-state index < -0.39 is 31.4 Å². The number of hydrogen-bond donors (Lipinski definition) is 4. The molecule has 5 rings (SSSR count). The molecule has 0 spiro atoms. The number of aliphatic hydroxyl groups is 1. The van der Waals surface area contributed by atoms with Gasteiger partial charge in [-0.25, -0.2) is 8.42 Å². The van der Waals surface area contributed by atoms with Gasteiger partial charge in [0, 0.05) is 17.8 Å². The minimum Gasteiger partial charge on any atom is -0.506 e.